The Kier molecular flexibility index (Phi) is 4.85. The lowest BCUT2D eigenvalue weighted by Gasteiger charge is -2.36. The van der Waals surface area contributed by atoms with Crippen molar-refractivity contribution in [2.45, 2.75) is 44.7 Å². The quantitative estimate of drug-likeness (QED) is 0.931. The van der Waals surface area contributed by atoms with Gasteiger partial charge in [0, 0.05) is 19.1 Å². The molecule has 4 nitrogen and oxygen atoms in total. The van der Waals surface area contributed by atoms with E-state index in [0.717, 1.165) is 11.3 Å². The Labute approximate surface area is 125 Å². The zero-order chi connectivity index (χ0) is 14.7. The molecule has 0 spiro atoms. The van der Waals surface area contributed by atoms with Crippen molar-refractivity contribution in [3.8, 4) is 6.07 Å². The van der Waals surface area contributed by atoms with Crippen molar-refractivity contribution < 1.29 is 0 Å². The van der Waals surface area contributed by atoms with Crippen LogP contribution in [0.1, 0.15) is 36.9 Å². The van der Waals surface area contributed by atoms with Crippen LogP contribution in [0.5, 0.6) is 0 Å². The lowest BCUT2D eigenvalue weighted by Crippen LogP contribution is -2.40. The molecule has 1 fully saturated rings. The summed E-state index contributed by atoms with van der Waals surface area (Å²) in [6, 6.07) is 3.19. The summed E-state index contributed by atoms with van der Waals surface area (Å²) in [7, 11) is 4.12. The summed E-state index contributed by atoms with van der Waals surface area (Å²) in [6.07, 6.45) is 6.49. The minimum atomic E-state index is 0.306. The number of nitriles is 1. The van der Waals surface area contributed by atoms with Crippen molar-refractivity contribution in [1.29, 1.82) is 5.26 Å². The minimum absolute atomic E-state index is 0.306. The molecular formula is C15H21ClN4. The second kappa shape index (κ2) is 6.43. The third kappa shape index (κ3) is 2.89. The molecule has 1 aromatic heterocycles. The lowest BCUT2D eigenvalue weighted by molar-refractivity contribution is 0.351. The second-order valence-corrected chi connectivity index (χ2v) is 5.83. The van der Waals surface area contributed by atoms with E-state index in [-0.39, 0.29) is 0 Å². The third-order valence-electron chi connectivity index (χ3n) is 4.38. The molecular weight excluding hydrogens is 272 g/mol. The highest BCUT2D eigenvalue weighted by Crippen LogP contribution is 2.31. The van der Waals surface area contributed by atoms with Crippen LogP contribution >= 0.6 is 11.6 Å². The first-order chi connectivity index (χ1) is 9.58. The summed E-state index contributed by atoms with van der Waals surface area (Å²) in [5.74, 6) is 0. The molecule has 1 N–H and O–H groups in total. The molecule has 0 saturated heterocycles. The average molecular weight is 293 g/mol. The van der Waals surface area contributed by atoms with Gasteiger partial charge in [0.15, 0.2) is 5.69 Å². The van der Waals surface area contributed by atoms with Crippen LogP contribution in [0.4, 0.5) is 5.69 Å². The standard InChI is InChI=1S/C15H21ClN4/c1-10-14(9-19-13(8-17)15(10)16)20(3)12-6-4-11(18-2)5-7-12/h9,11-12,18H,4-7H2,1-3H3. The van der Waals surface area contributed by atoms with Gasteiger partial charge in [0.1, 0.15) is 6.07 Å². The summed E-state index contributed by atoms with van der Waals surface area (Å²) in [6.45, 7) is 1.95. The maximum absolute atomic E-state index is 8.96. The molecule has 0 bridgehead atoms. The summed E-state index contributed by atoms with van der Waals surface area (Å²) >= 11 is 6.21. The zero-order valence-electron chi connectivity index (χ0n) is 12.3. The van der Waals surface area contributed by atoms with Crippen molar-refractivity contribution >= 4 is 17.3 Å². The maximum atomic E-state index is 8.96. The largest absolute Gasteiger partial charge is 0.370 e. The van der Waals surface area contributed by atoms with Crippen molar-refractivity contribution in [1.82, 2.24) is 10.3 Å². The molecule has 0 aromatic carbocycles. The fraction of sp³-hybridized carbons (Fsp3) is 0.600. The first-order valence-electron chi connectivity index (χ1n) is 7.03. The van der Waals surface area contributed by atoms with Gasteiger partial charge in [-0.05, 0) is 45.2 Å². The predicted octanol–water partition coefficient (Wildman–Crippen LogP) is 2.88. The van der Waals surface area contributed by atoms with Gasteiger partial charge in [-0.3, -0.25) is 0 Å². The number of rotatable bonds is 3. The summed E-state index contributed by atoms with van der Waals surface area (Å²) in [5.41, 5.74) is 2.28. The third-order valence-corrected chi connectivity index (χ3v) is 4.84. The molecule has 0 unspecified atom stereocenters. The molecule has 1 aromatic rings. The van der Waals surface area contributed by atoms with Crippen LogP contribution in [0.25, 0.3) is 0 Å². The summed E-state index contributed by atoms with van der Waals surface area (Å²) in [5, 5.41) is 12.8. The van der Waals surface area contributed by atoms with Crippen LogP contribution in [0.15, 0.2) is 6.20 Å². The van der Waals surface area contributed by atoms with E-state index >= 15 is 0 Å². The Morgan fingerprint density at radius 2 is 2.05 bits per heavy atom. The van der Waals surface area contributed by atoms with Crippen molar-refractivity contribution in [2.75, 3.05) is 19.0 Å². The topological polar surface area (TPSA) is 52.0 Å². The van der Waals surface area contributed by atoms with Gasteiger partial charge in [-0.1, -0.05) is 11.6 Å². The Morgan fingerprint density at radius 1 is 1.40 bits per heavy atom. The Balaban J connectivity index is 2.16. The van der Waals surface area contributed by atoms with E-state index in [1.54, 1.807) is 6.20 Å². The molecule has 108 valence electrons. The van der Waals surface area contributed by atoms with Crippen LogP contribution in [-0.2, 0) is 0 Å². The first-order valence-corrected chi connectivity index (χ1v) is 7.41. The predicted molar refractivity (Wildman–Crippen MR) is 82.2 cm³/mol. The average Bonchev–Trinajstić information content (AvgIpc) is 2.49. The number of halogens is 1. The highest BCUT2D eigenvalue weighted by Gasteiger charge is 2.25. The van der Waals surface area contributed by atoms with Gasteiger partial charge in [-0.25, -0.2) is 4.98 Å². The van der Waals surface area contributed by atoms with Crippen molar-refractivity contribution in [3.63, 3.8) is 0 Å². The van der Waals surface area contributed by atoms with E-state index in [1.807, 2.05) is 20.0 Å². The first kappa shape index (κ1) is 15.1. The molecule has 20 heavy (non-hydrogen) atoms. The van der Waals surface area contributed by atoms with E-state index in [0.29, 0.717) is 22.8 Å². The second-order valence-electron chi connectivity index (χ2n) is 5.45. The van der Waals surface area contributed by atoms with Gasteiger partial charge in [-0.2, -0.15) is 5.26 Å². The van der Waals surface area contributed by atoms with E-state index < -0.39 is 0 Å². The lowest BCUT2D eigenvalue weighted by atomic mass is 9.90. The molecule has 5 heteroatoms. The van der Waals surface area contributed by atoms with Gasteiger partial charge in [0.25, 0.3) is 0 Å². The van der Waals surface area contributed by atoms with Crippen LogP contribution in [0.3, 0.4) is 0 Å². The number of aromatic nitrogens is 1. The van der Waals surface area contributed by atoms with Gasteiger partial charge >= 0.3 is 0 Å². The molecule has 0 amide bonds. The van der Waals surface area contributed by atoms with Crippen LogP contribution in [0, 0.1) is 18.3 Å². The molecule has 1 aliphatic rings. The molecule has 1 saturated carbocycles. The smallest absolute Gasteiger partial charge is 0.159 e. The van der Waals surface area contributed by atoms with E-state index in [1.165, 1.54) is 25.7 Å². The summed E-state index contributed by atoms with van der Waals surface area (Å²) < 4.78 is 0. The zero-order valence-corrected chi connectivity index (χ0v) is 13.0. The summed E-state index contributed by atoms with van der Waals surface area (Å²) in [4.78, 5) is 6.42. The van der Waals surface area contributed by atoms with E-state index in [9.17, 15) is 0 Å². The highest BCUT2D eigenvalue weighted by molar-refractivity contribution is 6.32. The molecule has 0 atom stereocenters. The van der Waals surface area contributed by atoms with Crippen LogP contribution in [0.2, 0.25) is 5.02 Å². The maximum Gasteiger partial charge on any atom is 0.159 e. The fourth-order valence-corrected chi connectivity index (χ4v) is 3.14. The molecule has 0 aliphatic heterocycles. The van der Waals surface area contributed by atoms with E-state index in [4.69, 9.17) is 16.9 Å². The van der Waals surface area contributed by atoms with Crippen LogP contribution in [-0.4, -0.2) is 31.2 Å². The Bertz CT molecular complexity index is 515. The van der Waals surface area contributed by atoms with Gasteiger partial charge in [-0.15, -0.1) is 0 Å². The Hall–Kier alpha value is -1.31. The number of anilines is 1. The number of nitrogens with zero attached hydrogens (tertiary/aromatic N) is 3. The van der Waals surface area contributed by atoms with Gasteiger partial charge < -0.3 is 10.2 Å². The monoisotopic (exact) mass is 292 g/mol. The number of nitrogens with one attached hydrogen (secondary N) is 1. The number of pyridine rings is 1. The molecule has 1 heterocycles. The molecule has 1 aliphatic carbocycles. The molecule has 2 rings (SSSR count). The minimum Gasteiger partial charge on any atom is -0.370 e. The number of hydrogen-bond acceptors (Lipinski definition) is 4. The van der Waals surface area contributed by atoms with Gasteiger partial charge in [0.2, 0.25) is 0 Å². The van der Waals surface area contributed by atoms with Crippen molar-refractivity contribution in [2.24, 2.45) is 0 Å². The fourth-order valence-electron chi connectivity index (χ4n) is 2.95. The highest BCUT2D eigenvalue weighted by atomic mass is 35.5. The number of hydrogen-bond donors (Lipinski definition) is 1. The Morgan fingerprint density at radius 3 is 2.60 bits per heavy atom. The van der Waals surface area contributed by atoms with E-state index in [2.05, 4.69) is 22.2 Å². The van der Waals surface area contributed by atoms with Gasteiger partial charge in [0.05, 0.1) is 16.9 Å². The van der Waals surface area contributed by atoms with Crippen molar-refractivity contribution in [3.05, 3.63) is 22.5 Å². The van der Waals surface area contributed by atoms with Crippen LogP contribution < -0.4 is 10.2 Å². The normalized spacial score (nSPS) is 22.4. The SMILES string of the molecule is CNC1CCC(N(C)c2cnc(C#N)c(Cl)c2C)CC1. The molecule has 0 radical (unpaired) electrons.